The number of pyridine rings is 1. The van der Waals surface area contributed by atoms with Crippen LogP contribution in [0.1, 0.15) is 29.7 Å². The Kier molecular flexibility index (Phi) is 5.09. The predicted octanol–water partition coefficient (Wildman–Crippen LogP) is 2.30. The van der Waals surface area contributed by atoms with Gasteiger partial charge in [0.25, 0.3) is 0 Å². The Morgan fingerprint density at radius 2 is 1.97 bits per heavy atom. The van der Waals surface area contributed by atoms with Crippen molar-refractivity contribution in [3.8, 4) is 0 Å². The summed E-state index contributed by atoms with van der Waals surface area (Å²) >= 11 is 0. The summed E-state index contributed by atoms with van der Waals surface area (Å²) < 4.78 is 5.57. The number of hydrogen-bond acceptors (Lipinski definition) is 7. The number of hydrogen-bond donors (Lipinski definition) is 1. The van der Waals surface area contributed by atoms with Gasteiger partial charge in [-0.15, -0.1) is 0 Å². The summed E-state index contributed by atoms with van der Waals surface area (Å²) in [7, 11) is 3.88. The number of aromatic nitrogens is 1. The lowest BCUT2D eigenvalue weighted by atomic mass is 9.99. The Morgan fingerprint density at radius 3 is 2.79 bits per heavy atom. The monoisotopic (exact) mass is 446 g/mol. The molecule has 33 heavy (non-hydrogen) atoms. The van der Waals surface area contributed by atoms with Crippen LogP contribution in [0.2, 0.25) is 0 Å². The highest BCUT2D eigenvalue weighted by molar-refractivity contribution is 5.77. The van der Waals surface area contributed by atoms with Crippen LogP contribution in [-0.2, 0) is 11.3 Å². The van der Waals surface area contributed by atoms with Crippen LogP contribution in [-0.4, -0.2) is 79.9 Å². The van der Waals surface area contributed by atoms with Crippen molar-refractivity contribution in [3.63, 3.8) is 0 Å². The van der Waals surface area contributed by atoms with Crippen LogP contribution in [0.15, 0.2) is 42.6 Å². The highest BCUT2D eigenvalue weighted by Gasteiger charge is 2.40. The molecule has 7 nitrogen and oxygen atoms in total. The molecular formula is C26H34N6O. The van der Waals surface area contributed by atoms with E-state index in [4.69, 9.17) is 10.5 Å². The van der Waals surface area contributed by atoms with Gasteiger partial charge in [-0.2, -0.15) is 0 Å². The molecule has 2 N–H and O–H groups in total. The number of likely N-dealkylation sites (N-methyl/N-ethyl adjacent to an activating group) is 1. The summed E-state index contributed by atoms with van der Waals surface area (Å²) in [5.41, 5.74) is 13.1. The molecule has 0 radical (unpaired) electrons. The predicted molar refractivity (Wildman–Crippen MR) is 132 cm³/mol. The van der Waals surface area contributed by atoms with Gasteiger partial charge in [-0.05, 0) is 48.4 Å². The molecule has 6 rings (SSSR count). The van der Waals surface area contributed by atoms with E-state index < -0.39 is 0 Å². The second kappa shape index (κ2) is 8.01. The summed E-state index contributed by atoms with van der Waals surface area (Å²) in [5.74, 6) is 1.08. The van der Waals surface area contributed by atoms with Crippen molar-refractivity contribution in [1.29, 1.82) is 0 Å². The van der Waals surface area contributed by atoms with Crippen molar-refractivity contribution in [2.24, 2.45) is 5.73 Å². The number of methoxy groups -OCH3 is 1. The minimum Gasteiger partial charge on any atom is -0.378 e. The molecule has 4 atom stereocenters. The molecule has 0 bridgehead atoms. The maximum absolute atomic E-state index is 6.28. The lowest BCUT2D eigenvalue weighted by Crippen LogP contribution is -2.50. The number of benzene rings is 1. The van der Waals surface area contributed by atoms with E-state index in [1.807, 2.05) is 6.20 Å². The number of nitrogens with zero attached hydrogens (tertiary/aromatic N) is 5. The minimum absolute atomic E-state index is 0.0725. The van der Waals surface area contributed by atoms with Crippen LogP contribution in [0.25, 0.3) is 5.70 Å². The summed E-state index contributed by atoms with van der Waals surface area (Å²) in [6.07, 6.45) is 4.37. The first-order valence-electron chi connectivity index (χ1n) is 12.1. The van der Waals surface area contributed by atoms with E-state index in [9.17, 15) is 0 Å². The van der Waals surface area contributed by atoms with Gasteiger partial charge in [-0.3, -0.25) is 4.90 Å². The van der Waals surface area contributed by atoms with Gasteiger partial charge >= 0.3 is 0 Å². The Labute approximate surface area is 196 Å². The smallest absolute Gasteiger partial charge is 0.137 e. The largest absolute Gasteiger partial charge is 0.378 e. The van der Waals surface area contributed by atoms with Gasteiger partial charge in [-0.25, -0.2) is 4.98 Å². The molecule has 7 heteroatoms. The number of rotatable bonds is 3. The molecule has 2 aromatic rings. The molecule has 0 unspecified atom stereocenters. The first-order chi connectivity index (χ1) is 16.0. The van der Waals surface area contributed by atoms with E-state index in [0.717, 1.165) is 45.1 Å². The quantitative estimate of drug-likeness (QED) is 0.776. The van der Waals surface area contributed by atoms with E-state index in [1.165, 1.54) is 28.1 Å². The molecule has 174 valence electrons. The maximum atomic E-state index is 6.28. The third-order valence-corrected chi connectivity index (χ3v) is 7.98. The SMILES string of the molecule is CO[C@@H]1CN(c2ccc3c(c2)CN2[C@H](C)CN(C4=CCN(C)c5ncccc54)C[C@H]32)C[C@H]1N. The number of fused-ring (bicyclic) bond motifs is 4. The van der Waals surface area contributed by atoms with Crippen molar-refractivity contribution < 1.29 is 4.74 Å². The van der Waals surface area contributed by atoms with Gasteiger partial charge in [0, 0.05) is 82.6 Å². The Bertz CT molecular complexity index is 1090. The molecule has 5 heterocycles. The molecule has 2 fully saturated rings. The average Bonchev–Trinajstić information content (AvgIpc) is 3.39. The van der Waals surface area contributed by atoms with Crippen molar-refractivity contribution in [1.82, 2.24) is 14.8 Å². The van der Waals surface area contributed by atoms with Crippen molar-refractivity contribution in [3.05, 3.63) is 59.3 Å². The van der Waals surface area contributed by atoms with Gasteiger partial charge in [0.15, 0.2) is 0 Å². The summed E-state index contributed by atoms with van der Waals surface area (Å²) in [4.78, 5) is 14.5. The zero-order valence-electron chi connectivity index (χ0n) is 19.8. The van der Waals surface area contributed by atoms with Crippen molar-refractivity contribution in [2.75, 3.05) is 56.7 Å². The molecule has 2 saturated heterocycles. The Morgan fingerprint density at radius 1 is 1.09 bits per heavy atom. The van der Waals surface area contributed by atoms with Gasteiger partial charge in [0.2, 0.25) is 0 Å². The molecule has 0 amide bonds. The molecule has 0 spiro atoms. The highest BCUT2D eigenvalue weighted by atomic mass is 16.5. The highest BCUT2D eigenvalue weighted by Crippen LogP contribution is 2.43. The van der Waals surface area contributed by atoms with Gasteiger partial charge in [0.05, 0.1) is 18.2 Å². The van der Waals surface area contributed by atoms with E-state index in [0.29, 0.717) is 12.1 Å². The number of anilines is 2. The number of piperazine rings is 1. The molecule has 0 saturated carbocycles. The van der Waals surface area contributed by atoms with E-state index >= 15 is 0 Å². The molecule has 4 aliphatic rings. The minimum atomic E-state index is 0.0725. The first kappa shape index (κ1) is 21.0. The zero-order valence-corrected chi connectivity index (χ0v) is 19.8. The number of nitrogens with two attached hydrogens (primary N) is 1. The van der Waals surface area contributed by atoms with Crippen LogP contribution in [0.3, 0.4) is 0 Å². The molecule has 0 aliphatic carbocycles. The second-order valence-electron chi connectivity index (χ2n) is 10.0. The van der Waals surface area contributed by atoms with E-state index in [2.05, 4.69) is 75.0 Å². The Balaban J connectivity index is 1.26. The van der Waals surface area contributed by atoms with E-state index in [-0.39, 0.29) is 12.1 Å². The van der Waals surface area contributed by atoms with Gasteiger partial charge in [0.1, 0.15) is 5.82 Å². The van der Waals surface area contributed by atoms with Gasteiger partial charge in [-0.1, -0.05) is 6.07 Å². The normalized spacial score (nSPS) is 29.1. The zero-order chi connectivity index (χ0) is 22.7. The van der Waals surface area contributed by atoms with Crippen molar-refractivity contribution >= 4 is 17.2 Å². The fourth-order valence-corrected chi connectivity index (χ4v) is 6.19. The topological polar surface area (TPSA) is 61.1 Å². The first-order valence-corrected chi connectivity index (χ1v) is 12.1. The standard InChI is InChI=1S/C26H34N6O/c1-17-12-31(23-8-10-29(2)26-21(23)5-4-9-28-26)15-24-20-7-6-19(11-18(20)13-32(17)24)30-14-22(27)25(16-30)33-3/h4-9,11,17,22,24-25H,10,12-16,27H2,1-3H3/t17-,22-,24-,25-/m1/s1. The fraction of sp³-hybridized carbons (Fsp3) is 0.500. The second-order valence-corrected chi connectivity index (χ2v) is 10.0. The fourth-order valence-electron chi connectivity index (χ4n) is 6.19. The van der Waals surface area contributed by atoms with Crippen LogP contribution in [0.5, 0.6) is 0 Å². The maximum Gasteiger partial charge on any atom is 0.137 e. The summed E-state index contributed by atoms with van der Waals surface area (Å²) in [6.45, 7) is 8.07. The van der Waals surface area contributed by atoms with E-state index in [1.54, 1.807) is 7.11 Å². The number of ether oxygens (including phenoxy) is 1. The molecule has 4 aliphatic heterocycles. The van der Waals surface area contributed by atoms with Crippen LogP contribution in [0.4, 0.5) is 11.5 Å². The van der Waals surface area contributed by atoms with Crippen molar-refractivity contribution in [2.45, 2.75) is 37.7 Å². The molecule has 1 aromatic heterocycles. The van der Waals surface area contributed by atoms with Gasteiger partial charge < -0.3 is 25.2 Å². The average molecular weight is 447 g/mol. The summed E-state index contributed by atoms with van der Waals surface area (Å²) in [5, 5.41) is 0. The summed E-state index contributed by atoms with van der Waals surface area (Å²) in [6, 6.07) is 12.3. The third-order valence-electron chi connectivity index (χ3n) is 7.98. The Hall–Kier alpha value is -2.61. The molecular weight excluding hydrogens is 412 g/mol. The van der Waals surface area contributed by atoms with Crippen LogP contribution in [0, 0.1) is 0 Å². The third kappa shape index (κ3) is 3.41. The van der Waals surface area contributed by atoms with Crippen LogP contribution >= 0.6 is 0 Å². The molecule has 1 aromatic carbocycles. The lowest BCUT2D eigenvalue weighted by Gasteiger charge is -2.45. The van der Waals surface area contributed by atoms with Crippen LogP contribution < -0.4 is 15.5 Å². The lowest BCUT2D eigenvalue weighted by molar-refractivity contribution is 0.0668.